The van der Waals surface area contributed by atoms with Gasteiger partial charge in [0.1, 0.15) is 19.3 Å². The van der Waals surface area contributed by atoms with Gasteiger partial charge in [-0.3, -0.25) is 19.2 Å². The molecule has 0 aliphatic heterocycles. The largest absolute Gasteiger partial charge is 0.462 e. The number of allylic oxidation sites excluding steroid dienone is 1. The number of nitrogens with two attached hydrogens (primary N) is 2. The minimum Gasteiger partial charge on any atom is -0.462 e. The summed E-state index contributed by atoms with van der Waals surface area (Å²) in [6.07, 6.45) is 14.9. The van der Waals surface area contributed by atoms with Gasteiger partial charge in [0.05, 0.1) is 24.2 Å². The molecule has 16 heteroatoms. The molecule has 0 heterocycles. The van der Waals surface area contributed by atoms with Gasteiger partial charge in [-0.15, -0.1) is 0 Å². The predicted octanol–water partition coefficient (Wildman–Crippen LogP) is 13.8. The van der Waals surface area contributed by atoms with E-state index in [-0.39, 0.29) is 50.4 Å². The zero-order valence-electron chi connectivity index (χ0n) is 40.0. The smallest absolute Gasteiger partial charge is 0.306 e. The van der Waals surface area contributed by atoms with Crippen molar-refractivity contribution in [1.82, 2.24) is 0 Å². The first-order valence-electron chi connectivity index (χ1n) is 24.4. The molecule has 0 aromatic heterocycles. The lowest BCUT2D eigenvalue weighted by Crippen LogP contribution is -2.51. The topological polar surface area (TPSA) is 157 Å². The minimum absolute atomic E-state index is 0.0751. The number of rotatable bonds is 20. The number of carbonyl (C=O) groups is 4. The third-order valence-electron chi connectivity index (χ3n) is 16.0. The molecule has 2 aromatic rings. The maximum Gasteiger partial charge on any atom is 0.306 e. The molecule has 10 nitrogen and oxygen atoms in total. The molecule has 8 atom stereocenters. The summed E-state index contributed by atoms with van der Waals surface area (Å²) in [5.41, 5.74) is 17.8. The number of carbonyl (C=O) groups excluding carboxylic acids is 4. The van der Waals surface area contributed by atoms with Gasteiger partial charge in [0.15, 0.2) is 6.10 Å². The first kappa shape index (κ1) is 57.3. The number of hydrogen-bond donors (Lipinski definition) is 2. The monoisotopic (exact) mass is 1610 g/mol. The third-order valence-corrected chi connectivity index (χ3v) is 22.2. The Morgan fingerprint density at radius 1 is 0.691 bits per heavy atom. The fourth-order valence-electron chi connectivity index (χ4n) is 12.3. The van der Waals surface area contributed by atoms with Crippen LogP contribution in [0, 0.1) is 67.8 Å². The van der Waals surface area contributed by atoms with Gasteiger partial charge in [0, 0.05) is 40.7 Å². The summed E-state index contributed by atoms with van der Waals surface area (Å²) in [6, 6.07) is 3.96. The Hall–Kier alpha value is 0.0400. The molecular weight excluding hydrogens is 1540 g/mol. The van der Waals surface area contributed by atoms with E-state index in [2.05, 4.69) is 176 Å². The van der Waals surface area contributed by atoms with Crippen LogP contribution in [-0.4, -0.2) is 49.3 Å². The molecule has 0 unspecified atom stereocenters. The fraction of sp³-hybridized carbons (Fsp3) is 0.654. The Balaban J connectivity index is 1.00. The maximum atomic E-state index is 13.3. The number of fused-ring (bicyclic) bond motifs is 5. The van der Waals surface area contributed by atoms with E-state index in [4.69, 9.17) is 30.4 Å². The Bertz CT molecular complexity index is 2140. The number of hydrogen-bond acceptors (Lipinski definition) is 10. The van der Waals surface area contributed by atoms with Crippen molar-refractivity contribution >= 4 is 171 Å². The maximum absolute atomic E-state index is 13.3. The molecule has 376 valence electrons. The van der Waals surface area contributed by atoms with Crippen LogP contribution < -0.4 is 11.5 Å². The molecule has 4 aliphatic carbocycles. The summed E-state index contributed by atoms with van der Waals surface area (Å²) in [5.74, 6) is 2.49. The quantitative estimate of drug-likeness (QED) is 0.0430. The van der Waals surface area contributed by atoms with Crippen LogP contribution in [0.1, 0.15) is 142 Å². The van der Waals surface area contributed by atoms with Crippen LogP contribution in [0.15, 0.2) is 23.8 Å². The molecule has 0 bridgehead atoms. The Morgan fingerprint density at radius 2 is 1.26 bits per heavy atom. The standard InChI is InChI=1S/C52H68I6N2O8/c1-28(2)7-6-8-29(3)36-13-14-37-33-10-9-30-23-31(19-21-51(30,4)38(33)20-22-52(36,37)5)67-45(63)17-18-46(64)68-32(26-65-43(61)15-11-34-39(53)24-41(55)49(59)47(34)57)27-66-44(62)16-12-35-40(54)25-42(56)50(60)48(35)58/h9,24-25,28-29,31-33,36-38H,6-8,10-23,26-27,59-60H2,1-5H3/t29-,31+,33+,36-,37+,38+,51+,52-/m1/s1. The second-order valence-corrected chi connectivity index (χ2v) is 27.5. The van der Waals surface area contributed by atoms with E-state index >= 15 is 0 Å². The summed E-state index contributed by atoms with van der Waals surface area (Å²) >= 11 is 13.3. The van der Waals surface area contributed by atoms with Gasteiger partial charge in [-0.2, -0.15) is 0 Å². The van der Waals surface area contributed by atoms with Gasteiger partial charge in [-0.25, -0.2) is 0 Å². The zero-order chi connectivity index (χ0) is 49.7. The number of nitrogen functional groups attached to an aromatic ring is 2. The summed E-state index contributed by atoms with van der Waals surface area (Å²) in [5, 5.41) is 0. The number of halogens is 6. The molecule has 68 heavy (non-hydrogen) atoms. The molecule has 3 fully saturated rings. The van der Waals surface area contributed by atoms with E-state index in [1.165, 1.54) is 50.5 Å². The second kappa shape index (κ2) is 25.5. The molecule has 4 aliphatic rings. The zero-order valence-corrected chi connectivity index (χ0v) is 52.9. The number of ether oxygens (including phenoxy) is 4. The van der Waals surface area contributed by atoms with Gasteiger partial charge in [-0.1, -0.05) is 65.5 Å². The lowest BCUT2D eigenvalue weighted by atomic mass is 9.47. The van der Waals surface area contributed by atoms with Crippen molar-refractivity contribution in [3.8, 4) is 0 Å². The highest BCUT2D eigenvalue weighted by atomic mass is 127. The summed E-state index contributed by atoms with van der Waals surface area (Å²) < 4.78 is 28.6. The van der Waals surface area contributed by atoms with Gasteiger partial charge >= 0.3 is 23.9 Å². The van der Waals surface area contributed by atoms with Crippen molar-refractivity contribution in [2.45, 2.75) is 156 Å². The van der Waals surface area contributed by atoms with E-state index in [0.29, 0.717) is 35.5 Å². The molecule has 0 radical (unpaired) electrons. The van der Waals surface area contributed by atoms with E-state index in [9.17, 15) is 19.2 Å². The van der Waals surface area contributed by atoms with Crippen molar-refractivity contribution in [2.24, 2.45) is 46.3 Å². The molecule has 0 spiro atoms. The summed E-state index contributed by atoms with van der Waals surface area (Å²) in [6.45, 7) is 11.7. The van der Waals surface area contributed by atoms with Crippen molar-refractivity contribution in [3.05, 3.63) is 56.3 Å². The van der Waals surface area contributed by atoms with Crippen LogP contribution in [0.25, 0.3) is 0 Å². The van der Waals surface area contributed by atoms with Crippen LogP contribution >= 0.6 is 136 Å². The molecule has 3 saturated carbocycles. The van der Waals surface area contributed by atoms with Crippen molar-refractivity contribution in [1.29, 1.82) is 0 Å². The van der Waals surface area contributed by atoms with Crippen molar-refractivity contribution in [2.75, 3.05) is 24.7 Å². The van der Waals surface area contributed by atoms with Crippen molar-refractivity contribution < 1.29 is 38.1 Å². The van der Waals surface area contributed by atoms with Crippen LogP contribution in [-0.2, 0) is 51.0 Å². The number of benzene rings is 2. The van der Waals surface area contributed by atoms with E-state index in [1.807, 2.05) is 12.1 Å². The second-order valence-electron chi connectivity index (χ2n) is 20.7. The molecule has 2 aromatic carbocycles. The SMILES string of the molecule is CC(C)CCC[C@@H](C)[C@H]1CC[C@H]2[C@@H]3CC=C4C[C@@H](OC(=O)CCC(=O)OC(COC(=O)CCc5c(I)cc(I)c(N)c5I)COC(=O)CCc5c(I)cc(I)c(N)c5I)CC[C@]4(C)[C@H]3CC[C@]12C. The van der Waals surface area contributed by atoms with Gasteiger partial charge < -0.3 is 30.4 Å². The number of esters is 4. The van der Waals surface area contributed by atoms with E-state index in [0.717, 1.165) is 87.8 Å². The highest BCUT2D eigenvalue weighted by molar-refractivity contribution is 14.1. The number of anilines is 2. The van der Waals surface area contributed by atoms with Crippen LogP contribution in [0.4, 0.5) is 11.4 Å². The predicted molar refractivity (Wildman–Crippen MR) is 319 cm³/mol. The van der Waals surface area contributed by atoms with E-state index < -0.39 is 30.0 Å². The molecule has 6 rings (SSSR count). The van der Waals surface area contributed by atoms with Gasteiger partial charge in [0.25, 0.3) is 0 Å². The lowest BCUT2D eigenvalue weighted by molar-refractivity contribution is -0.168. The third kappa shape index (κ3) is 14.0. The van der Waals surface area contributed by atoms with Crippen molar-refractivity contribution in [3.63, 3.8) is 0 Å². The van der Waals surface area contributed by atoms with Gasteiger partial charge in [-0.05, 0) is 263 Å². The van der Waals surface area contributed by atoms with Crippen LogP contribution in [0.2, 0.25) is 0 Å². The summed E-state index contributed by atoms with van der Waals surface area (Å²) in [4.78, 5) is 52.6. The Morgan fingerprint density at radius 3 is 1.84 bits per heavy atom. The van der Waals surface area contributed by atoms with Gasteiger partial charge in [0.2, 0.25) is 0 Å². The first-order valence-corrected chi connectivity index (χ1v) is 30.8. The molecule has 0 amide bonds. The molecule has 4 N–H and O–H groups in total. The highest BCUT2D eigenvalue weighted by Crippen LogP contribution is 2.67. The fourth-order valence-corrected chi connectivity index (χ4v) is 20.1. The first-order chi connectivity index (χ1) is 32.1. The van der Waals surface area contributed by atoms with Crippen LogP contribution in [0.5, 0.6) is 0 Å². The molecular formula is C52H68I6N2O8. The van der Waals surface area contributed by atoms with Crippen LogP contribution in [0.3, 0.4) is 0 Å². The highest BCUT2D eigenvalue weighted by Gasteiger charge is 2.59. The lowest BCUT2D eigenvalue weighted by Gasteiger charge is -2.58. The average Bonchev–Trinajstić information content (AvgIpc) is 3.65. The average molecular weight is 1610 g/mol. The van der Waals surface area contributed by atoms with E-state index in [1.54, 1.807) is 0 Å². The normalized spacial score (nSPS) is 25.8. The summed E-state index contributed by atoms with van der Waals surface area (Å²) in [7, 11) is 0. The Labute approximate surface area is 486 Å². The Kier molecular flexibility index (Phi) is 21.5. The molecule has 0 saturated heterocycles. The minimum atomic E-state index is -1.07.